The Labute approximate surface area is 131 Å². The molecule has 2 aromatic rings. The molecule has 7 nitrogen and oxygen atoms in total. The lowest BCUT2D eigenvalue weighted by molar-refractivity contribution is -0.119. The fraction of sp³-hybridized carbons (Fsp3) is 0.286. The van der Waals surface area contributed by atoms with Crippen molar-refractivity contribution in [2.45, 2.75) is 19.6 Å². The third-order valence-corrected chi connectivity index (χ3v) is 3.53. The van der Waals surface area contributed by atoms with E-state index in [2.05, 4.69) is 10.1 Å². The minimum atomic E-state index is -0.173. The molecule has 1 atom stereocenters. The van der Waals surface area contributed by atoms with Gasteiger partial charge in [-0.05, 0) is 19.1 Å². The molecule has 1 aromatic carbocycles. The van der Waals surface area contributed by atoms with Gasteiger partial charge in [0, 0.05) is 0 Å². The van der Waals surface area contributed by atoms with Gasteiger partial charge in [0.1, 0.15) is 25.0 Å². The van der Waals surface area contributed by atoms with Gasteiger partial charge in [-0.2, -0.15) is 5.26 Å². The number of nitrogens with zero attached hydrogens (tertiary/aromatic N) is 5. The predicted octanol–water partition coefficient (Wildman–Crippen LogP) is 1.62. The number of benzene rings is 1. The fourth-order valence-corrected chi connectivity index (χ4v) is 2.52. The summed E-state index contributed by atoms with van der Waals surface area (Å²) < 4.78 is 7.05. The number of para-hydroxylation sites is 1. The molecule has 1 aromatic heterocycles. The maximum atomic E-state index is 12.5. The summed E-state index contributed by atoms with van der Waals surface area (Å²) in [5, 5.41) is 13.1. The van der Waals surface area contributed by atoms with Crippen LogP contribution < -0.4 is 9.64 Å². The number of halogens is 1. The number of ether oxygens (including phenoxy) is 1. The fourth-order valence-electron chi connectivity index (χ4n) is 2.30. The van der Waals surface area contributed by atoms with Gasteiger partial charge in [-0.15, -0.1) is 5.10 Å². The topological polar surface area (TPSA) is 84.0 Å². The van der Waals surface area contributed by atoms with Gasteiger partial charge < -0.3 is 9.64 Å². The van der Waals surface area contributed by atoms with Gasteiger partial charge in [-0.25, -0.2) is 9.67 Å². The van der Waals surface area contributed by atoms with Gasteiger partial charge in [-0.3, -0.25) is 4.79 Å². The van der Waals surface area contributed by atoms with Crippen LogP contribution in [0, 0.1) is 11.3 Å². The molecule has 1 aliphatic heterocycles. The molecule has 112 valence electrons. The molecule has 1 amide bonds. The normalized spacial score (nSPS) is 16.6. The van der Waals surface area contributed by atoms with Crippen LogP contribution in [0.15, 0.2) is 24.5 Å². The minimum absolute atomic E-state index is 0.00659. The molecule has 0 radical (unpaired) electrons. The zero-order chi connectivity index (χ0) is 15.7. The van der Waals surface area contributed by atoms with E-state index in [0.717, 1.165) is 0 Å². The van der Waals surface area contributed by atoms with Crippen LogP contribution in [0.4, 0.5) is 5.69 Å². The van der Waals surface area contributed by atoms with Gasteiger partial charge in [0.2, 0.25) is 5.91 Å². The Morgan fingerprint density at radius 3 is 3.14 bits per heavy atom. The average molecular weight is 318 g/mol. The summed E-state index contributed by atoms with van der Waals surface area (Å²) in [4.78, 5) is 17.9. The molecule has 2 heterocycles. The minimum Gasteiger partial charge on any atom is -0.485 e. The highest BCUT2D eigenvalue weighted by molar-refractivity contribution is 6.32. The van der Waals surface area contributed by atoms with E-state index in [1.165, 1.54) is 11.0 Å². The molecule has 8 heteroatoms. The van der Waals surface area contributed by atoms with Crippen LogP contribution in [0.2, 0.25) is 5.02 Å². The summed E-state index contributed by atoms with van der Waals surface area (Å²) in [7, 11) is 0. The van der Waals surface area contributed by atoms with E-state index in [1.54, 1.807) is 23.1 Å². The standard InChI is InChI=1S/C14H12ClN5O2/c1-9-6-20(11-4-2-3-10(15)14(11)22-9)13(21)7-19-8-17-12(5-16)18-19/h2-4,8-9H,6-7H2,1H3/t9-/m1/s1. The van der Waals surface area contributed by atoms with Gasteiger partial charge in [-0.1, -0.05) is 17.7 Å². The van der Waals surface area contributed by atoms with Crippen molar-refractivity contribution in [1.82, 2.24) is 14.8 Å². The second kappa shape index (κ2) is 5.66. The second-order valence-electron chi connectivity index (χ2n) is 4.90. The molecule has 0 fully saturated rings. The van der Waals surface area contributed by atoms with Crippen LogP contribution in [-0.2, 0) is 11.3 Å². The van der Waals surface area contributed by atoms with Gasteiger partial charge in [0.25, 0.3) is 5.82 Å². The number of aromatic nitrogens is 3. The quantitative estimate of drug-likeness (QED) is 0.840. The number of carbonyl (C=O) groups excluding carboxylic acids is 1. The highest BCUT2D eigenvalue weighted by atomic mass is 35.5. The zero-order valence-corrected chi connectivity index (χ0v) is 12.5. The third kappa shape index (κ3) is 2.61. The highest BCUT2D eigenvalue weighted by Gasteiger charge is 2.29. The molecule has 0 spiro atoms. The summed E-state index contributed by atoms with van der Waals surface area (Å²) in [6.45, 7) is 2.29. The molecule has 0 bridgehead atoms. The van der Waals surface area contributed by atoms with Gasteiger partial charge >= 0.3 is 0 Å². The Bertz CT molecular complexity index is 767. The van der Waals surface area contributed by atoms with E-state index >= 15 is 0 Å². The SMILES string of the molecule is C[C@@H]1CN(C(=O)Cn2cnc(C#N)n2)c2cccc(Cl)c2O1. The van der Waals surface area contributed by atoms with E-state index in [-0.39, 0.29) is 24.4 Å². The Morgan fingerprint density at radius 1 is 1.59 bits per heavy atom. The molecule has 0 saturated carbocycles. The van der Waals surface area contributed by atoms with Crippen molar-refractivity contribution in [2.24, 2.45) is 0 Å². The Kier molecular flexibility index (Phi) is 3.69. The van der Waals surface area contributed by atoms with Crippen molar-refractivity contribution in [3.05, 3.63) is 35.4 Å². The van der Waals surface area contributed by atoms with E-state index in [9.17, 15) is 4.79 Å². The molecule has 1 aliphatic rings. The second-order valence-corrected chi connectivity index (χ2v) is 5.31. The number of amides is 1. The number of fused-ring (bicyclic) bond motifs is 1. The Balaban J connectivity index is 1.87. The van der Waals surface area contributed by atoms with Crippen LogP contribution in [-0.4, -0.2) is 33.3 Å². The van der Waals surface area contributed by atoms with Crippen molar-refractivity contribution >= 4 is 23.2 Å². The maximum Gasteiger partial charge on any atom is 0.252 e. The summed E-state index contributed by atoms with van der Waals surface area (Å²) in [6, 6.07) is 7.10. The first-order valence-electron chi connectivity index (χ1n) is 6.63. The Morgan fingerprint density at radius 2 is 2.41 bits per heavy atom. The van der Waals surface area contributed by atoms with Crippen molar-refractivity contribution < 1.29 is 9.53 Å². The van der Waals surface area contributed by atoms with Crippen molar-refractivity contribution in [1.29, 1.82) is 5.26 Å². The number of hydrogen-bond donors (Lipinski definition) is 0. The lowest BCUT2D eigenvalue weighted by Crippen LogP contribution is -2.43. The molecule has 0 unspecified atom stereocenters. The summed E-state index contributed by atoms with van der Waals surface area (Å²) in [5.41, 5.74) is 0.635. The molecule has 0 aliphatic carbocycles. The van der Waals surface area contributed by atoms with Crippen LogP contribution >= 0.6 is 11.6 Å². The summed E-state index contributed by atoms with van der Waals surface area (Å²) in [5.74, 6) is 0.368. The number of anilines is 1. The van der Waals surface area contributed by atoms with E-state index < -0.39 is 0 Å². The van der Waals surface area contributed by atoms with Gasteiger partial charge in [0.15, 0.2) is 5.75 Å². The maximum absolute atomic E-state index is 12.5. The molecule has 0 N–H and O–H groups in total. The predicted molar refractivity (Wildman–Crippen MR) is 78.6 cm³/mol. The summed E-state index contributed by atoms with van der Waals surface area (Å²) in [6.07, 6.45) is 1.20. The number of hydrogen-bond acceptors (Lipinski definition) is 5. The molecular formula is C14H12ClN5O2. The zero-order valence-electron chi connectivity index (χ0n) is 11.7. The lowest BCUT2D eigenvalue weighted by atomic mass is 10.2. The van der Waals surface area contributed by atoms with Crippen LogP contribution in [0.3, 0.4) is 0 Å². The third-order valence-electron chi connectivity index (χ3n) is 3.23. The van der Waals surface area contributed by atoms with Crippen LogP contribution in [0.1, 0.15) is 12.7 Å². The Hall–Kier alpha value is -2.59. The molecule has 3 rings (SSSR count). The molecular weight excluding hydrogens is 306 g/mol. The van der Waals surface area contributed by atoms with Crippen LogP contribution in [0.5, 0.6) is 5.75 Å². The lowest BCUT2D eigenvalue weighted by Gasteiger charge is -2.33. The summed E-state index contributed by atoms with van der Waals surface area (Å²) >= 11 is 6.13. The molecule has 0 saturated heterocycles. The first-order chi connectivity index (χ1) is 10.6. The van der Waals surface area contributed by atoms with E-state index in [1.807, 2.05) is 13.0 Å². The monoisotopic (exact) mass is 317 g/mol. The van der Waals surface area contributed by atoms with E-state index in [0.29, 0.717) is 23.0 Å². The highest BCUT2D eigenvalue weighted by Crippen LogP contribution is 2.39. The first-order valence-corrected chi connectivity index (χ1v) is 7.01. The van der Waals surface area contributed by atoms with Crippen molar-refractivity contribution in [3.63, 3.8) is 0 Å². The largest absolute Gasteiger partial charge is 0.485 e. The first kappa shape index (κ1) is 14.4. The number of rotatable bonds is 2. The van der Waals surface area contributed by atoms with Gasteiger partial charge in [0.05, 0.1) is 17.3 Å². The smallest absolute Gasteiger partial charge is 0.252 e. The van der Waals surface area contributed by atoms with E-state index in [4.69, 9.17) is 21.6 Å². The average Bonchev–Trinajstić information content (AvgIpc) is 2.95. The van der Waals surface area contributed by atoms with Crippen LogP contribution in [0.25, 0.3) is 0 Å². The van der Waals surface area contributed by atoms with Crippen molar-refractivity contribution in [2.75, 3.05) is 11.4 Å². The van der Waals surface area contributed by atoms with Crippen molar-refractivity contribution in [3.8, 4) is 11.8 Å². The number of carbonyl (C=O) groups is 1. The molecule has 22 heavy (non-hydrogen) atoms. The number of nitriles is 1.